The molecule has 1 saturated heterocycles. The van der Waals surface area contributed by atoms with Crippen LogP contribution in [0.15, 0.2) is 12.7 Å². The molecule has 14 nitrogen and oxygen atoms in total. The number of nitrogens with one attached hydrogen (secondary N) is 4. The average molecular weight is 692 g/mol. The number of aromatic amines is 1. The second-order valence-electron chi connectivity index (χ2n) is 13.8. The number of fused-ring (bicyclic) bond motifs is 1. The van der Waals surface area contributed by atoms with Gasteiger partial charge in [-0.05, 0) is 12.3 Å². The molecule has 0 saturated carbocycles. The van der Waals surface area contributed by atoms with Gasteiger partial charge in [-0.2, -0.15) is 0 Å². The molecule has 14 heteroatoms. The van der Waals surface area contributed by atoms with E-state index in [4.69, 9.17) is 4.74 Å². The molecule has 8 N–H and O–H groups in total. The molecule has 49 heavy (non-hydrogen) atoms. The molecule has 0 bridgehead atoms. The van der Waals surface area contributed by atoms with E-state index in [9.17, 15) is 30.0 Å². The van der Waals surface area contributed by atoms with Crippen LogP contribution in [0.5, 0.6) is 0 Å². The molecule has 0 radical (unpaired) electrons. The van der Waals surface area contributed by atoms with Gasteiger partial charge in [-0.15, -0.1) is 0 Å². The monoisotopic (exact) mass is 691 g/mol. The van der Waals surface area contributed by atoms with Crippen LogP contribution in [-0.4, -0.2) is 102 Å². The van der Waals surface area contributed by atoms with Gasteiger partial charge in [0.15, 0.2) is 17.7 Å². The number of aromatic nitrogens is 4. The van der Waals surface area contributed by atoms with Crippen molar-refractivity contribution in [1.82, 2.24) is 30.6 Å². The fourth-order valence-corrected chi connectivity index (χ4v) is 6.29. The van der Waals surface area contributed by atoms with E-state index < -0.39 is 49.2 Å². The lowest BCUT2D eigenvalue weighted by Gasteiger charge is -2.44. The fraction of sp³-hybridized carbons (Fsp3) is 0.800. The number of aliphatic hydroxyl groups is 4. The molecule has 0 aliphatic carbocycles. The molecule has 1 aliphatic heterocycles. The quantitative estimate of drug-likeness (QED) is 0.0706. The topological polar surface area (TPSA) is 215 Å². The highest BCUT2D eigenvalue weighted by molar-refractivity contribution is 5.85. The highest BCUT2D eigenvalue weighted by Crippen LogP contribution is 2.26. The van der Waals surface area contributed by atoms with Crippen LogP contribution in [0, 0.1) is 5.92 Å². The zero-order chi connectivity index (χ0) is 35.4. The number of hydrogen-bond acceptors (Lipinski definition) is 11. The minimum absolute atomic E-state index is 0.232. The summed E-state index contributed by atoms with van der Waals surface area (Å²) in [6, 6.07) is -1.27. The molecule has 0 spiro atoms. The molecule has 1 aliphatic rings. The van der Waals surface area contributed by atoms with Crippen LogP contribution in [0.2, 0.25) is 0 Å². The number of unbranched alkanes of at least 4 members (excludes halogenated alkanes) is 14. The van der Waals surface area contributed by atoms with Gasteiger partial charge in [0.05, 0.1) is 25.5 Å². The normalized spacial score (nSPS) is 21.6. The maximum absolute atomic E-state index is 12.7. The Kier molecular flexibility index (Phi) is 18.8. The van der Waals surface area contributed by atoms with E-state index in [2.05, 4.69) is 49.7 Å². The highest BCUT2D eigenvalue weighted by Gasteiger charge is 2.48. The first-order chi connectivity index (χ1) is 23.7. The van der Waals surface area contributed by atoms with Crippen molar-refractivity contribution in [2.45, 2.75) is 160 Å². The van der Waals surface area contributed by atoms with Gasteiger partial charge < -0.3 is 46.1 Å². The van der Waals surface area contributed by atoms with Gasteiger partial charge in [-0.1, -0.05) is 110 Å². The third-order valence-corrected chi connectivity index (χ3v) is 9.21. The van der Waals surface area contributed by atoms with E-state index in [1.54, 1.807) is 0 Å². The molecular weight excluding hydrogens is 630 g/mol. The van der Waals surface area contributed by atoms with E-state index in [0.29, 0.717) is 17.6 Å². The summed E-state index contributed by atoms with van der Waals surface area (Å²) < 4.78 is 5.81. The Morgan fingerprint density at radius 1 is 0.837 bits per heavy atom. The second-order valence-corrected chi connectivity index (χ2v) is 13.8. The smallest absolute Gasteiger partial charge is 0.239 e. The lowest BCUT2D eigenvalue weighted by Crippen LogP contribution is -2.68. The lowest BCUT2D eigenvalue weighted by atomic mass is 9.92. The number of carbonyl (C=O) groups excluding carboxylic acids is 2. The zero-order valence-corrected chi connectivity index (χ0v) is 29.5. The van der Waals surface area contributed by atoms with Crippen molar-refractivity contribution in [1.29, 1.82) is 0 Å². The van der Waals surface area contributed by atoms with Crippen LogP contribution in [-0.2, 0) is 14.3 Å². The van der Waals surface area contributed by atoms with Crippen LogP contribution >= 0.6 is 0 Å². The molecule has 3 heterocycles. The predicted molar refractivity (Wildman–Crippen MR) is 187 cm³/mol. The maximum atomic E-state index is 12.7. The molecule has 0 unspecified atom stereocenters. The SMILES string of the molecule is CC(C)CCCCCCCCCCCCCCCCCC(=O)NCC(=O)N[C@@H]1[C@@H](O)[C@@H](O)[C@@H](Nc2ncnc3nc[nH]c23)O[C@H]1[C@@H](O)CO. The Bertz CT molecular complexity index is 1220. The second kappa shape index (κ2) is 22.7. The van der Waals surface area contributed by atoms with Gasteiger partial charge in [-0.3, -0.25) is 9.59 Å². The van der Waals surface area contributed by atoms with E-state index in [0.717, 1.165) is 25.2 Å². The number of anilines is 1. The van der Waals surface area contributed by atoms with Crippen molar-refractivity contribution in [3.8, 4) is 0 Å². The molecular formula is C35H61N7O7. The number of carbonyl (C=O) groups is 2. The summed E-state index contributed by atoms with van der Waals surface area (Å²) in [5, 5.41) is 49.7. The van der Waals surface area contributed by atoms with Crippen molar-refractivity contribution in [2.24, 2.45) is 5.92 Å². The number of imidazole rings is 1. The Labute approximate surface area is 290 Å². The van der Waals surface area contributed by atoms with Crippen LogP contribution in [0.3, 0.4) is 0 Å². The minimum atomic E-state index is -1.59. The number of aliphatic hydroxyl groups excluding tert-OH is 4. The van der Waals surface area contributed by atoms with Crippen molar-refractivity contribution < 1.29 is 34.8 Å². The van der Waals surface area contributed by atoms with Gasteiger partial charge in [0.1, 0.15) is 36.3 Å². The van der Waals surface area contributed by atoms with Gasteiger partial charge >= 0.3 is 0 Å². The summed E-state index contributed by atoms with van der Waals surface area (Å²) in [4.78, 5) is 40.1. The van der Waals surface area contributed by atoms with Crippen molar-refractivity contribution in [3.63, 3.8) is 0 Å². The summed E-state index contributed by atoms with van der Waals surface area (Å²) in [6.07, 6.45) is 15.9. The van der Waals surface area contributed by atoms with Crippen LogP contribution in [0.25, 0.3) is 11.2 Å². The number of H-pyrrole nitrogens is 1. The van der Waals surface area contributed by atoms with Gasteiger partial charge in [0, 0.05) is 6.42 Å². The van der Waals surface area contributed by atoms with Crippen LogP contribution in [0.4, 0.5) is 5.82 Å². The number of hydrogen-bond donors (Lipinski definition) is 8. The minimum Gasteiger partial charge on any atom is -0.394 e. The van der Waals surface area contributed by atoms with Gasteiger partial charge in [-0.25, -0.2) is 15.0 Å². The summed E-state index contributed by atoms with van der Waals surface area (Å²) in [5.74, 6) is 0.173. The van der Waals surface area contributed by atoms with Crippen molar-refractivity contribution >= 4 is 28.8 Å². The summed E-state index contributed by atoms with van der Waals surface area (Å²) in [7, 11) is 0. The molecule has 2 aromatic rings. The Morgan fingerprint density at radius 2 is 1.43 bits per heavy atom. The average Bonchev–Trinajstić information content (AvgIpc) is 3.58. The third-order valence-electron chi connectivity index (χ3n) is 9.21. The Balaban J connectivity index is 1.24. The van der Waals surface area contributed by atoms with Crippen LogP contribution < -0.4 is 16.0 Å². The van der Waals surface area contributed by atoms with E-state index in [1.807, 2.05) is 0 Å². The number of ether oxygens (including phenoxy) is 1. The van der Waals surface area contributed by atoms with E-state index >= 15 is 0 Å². The predicted octanol–water partition coefficient (Wildman–Crippen LogP) is 3.45. The largest absolute Gasteiger partial charge is 0.394 e. The number of rotatable bonds is 25. The van der Waals surface area contributed by atoms with E-state index in [1.165, 1.54) is 96.1 Å². The molecule has 2 aromatic heterocycles. The first-order valence-electron chi connectivity index (χ1n) is 18.5. The van der Waals surface area contributed by atoms with Crippen LogP contribution in [0.1, 0.15) is 123 Å². The molecule has 6 atom stereocenters. The maximum Gasteiger partial charge on any atom is 0.239 e. The number of nitrogens with zero attached hydrogens (tertiary/aromatic N) is 3. The molecule has 1 fully saturated rings. The first-order valence-corrected chi connectivity index (χ1v) is 18.5. The van der Waals surface area contributed by atoms with Gasteiger partial charge in [0.25, 0.3) is 0 Å². The molecule has 2 amide bonds. The lowest BCUT2D eigenvalue weighted by molar-refractivity contribution is -0.204. The van der Waals surface area contributed by atoms with Crippen molar-refractivity contribution in [2.75, 3.05) is 18.5 Å². The standard InChI is InChI=1S/C35H61N7O7/c1-24(2)18-16-14-12-10-8-6-4-3-5-7-9-11-13-15-17-19-26(45)36-20-27(46)41-28-30(47)31(48)35(49-32(28)25(44)21-43)42-34-29-33(38-22-37-29)39-23-40-34/h22-25,28,30-32,35,43-44,47-48H,3-21H2,1-2H3,(H,36,45)(H,41,46)(H2,37,38,39,40,42)/t25-,28+,30+,31+,32-,35-/m0/s1. The first kappa shape index (κ1) is 40.5. The van der Waals surface area contributed by atoms with Gasteiger partial charge in [0.2, 0.25) is 11.8 Å². The summed E-state index contributed by atoms with van der Waals surface area (Å²) in [5.41, 5.74) is 0.796. The zero-order valence-electron chi connectivity index (χ0n) is 29.5. The van der Waals surface area contributed by atoms with E-state index in [-0.39, 0.29) is 18.3 Å². The number of amides is 2. The van der Waals surface area contributed by atoms with Crippen molar-refractivity contribution in [3.05, 3.63) is 12.7 Å². The fourth-order valence-electron chi connectivity index (χ4n) is 6.29. The summed E-state index contributed by atoms with van der Waals surface area (Å²) >= 11 is 0. The Hall–Kier alpha value is -2.91. The third kappa shape index (κ3) is 14.5. The summed E-state index contributed by atoms with van der Waals surface area (Å²) in [6.45, 7) is 3.53. The molecule has 0 aromatic carbocycles. The molecule has 278 valence electrons. The highest BCUT2D eigenvalue weighted by atomic mass is 16.5. The Morgan fingerprint density at radius 3 is 2.02 bits per heavy atom. The molecule has 3 rings (SSSR count).